The van der Waals surface area contributed by atoms with Gasteiger partial charge in [0.05, 0.1) is 23.6 Å². The largest absolute Gasteiger partial charge is 0.354 e. The predicted octanol–water partition coefficient (Wildman–Crippen LogP) is 0.468. The van der Waals surface area contributed by atoms with Gasteiger partial charge in [0, 0.05) is 37.8 Å². The molecule has 0 radical (unpaired) electrons. The molecule has 26 heavy (non-hydrogen) atoms. The van der Waals surface area contributed by atoms with Crippen LogP contribution >= 0.6 is 0 Å². The van der Waals surface area contributed by atoms with E-state index in [1.54, 1.807) is 25.1 Å². The minimum absolute atomic E-state index is 0.122. The summed E-state index contributed by atoms with van der Waals surface area (Å²) < 4.78 is 2.88. The Balaban J connectivity index is 1.55. The summed E-state index contributed by atoms with van der Waals surface area (Å²) in [6.45, 7) is 2.60. The number of para-hydroxylation sites is 1. The summed E-state index contributed by atoms with van der Waals surface area (Å²) in [5.41, 5.74) is 0.904. The monoisotopic (exact) mass is 353 g/mol. The first-order valence-electron chi connectivity index (χ1n) is 8.28. The summed E-state index contributed by atoms with van der Waals surface area (Å²) >= 11 is 0. The number of nitrogens with zero attached hydrogens (tertiary/aromatic N) is 4. The molecule has 1 amide bonds. The summed E-state index contributed by atoms with van der Waals surface area (Å²) in [6, 6.07) is 7.09. The van der Waals surface area contributed by atoms with Crippen LogP contribution in [0.4, 0.5) is 0 Å². The summed E-state index contributed by atoms with van der Waals surface area (Å²) in [4.78, 5) is 44.4. The third kappa shape index (κ3) is 3.85. The Morgan fingerprint density at radius 2 is 1.85 bits per heavy atom. The van der Waals surface area contributed by atoms with Crippen LogP contribution in [0.2, 0.25) is 0 Å². The average molecular weight is 353 g/mol. The van der Waals surface area contributed by atoms with Crippen molar-refractivity contribution < 1.29 is 4.79 Å². The molecule has 2 aromatic heterocycles. The Bertz CT molecular complexity index is 1050. The van der Waals surface area contributed by atoms with E-state index >= 15 is 0 Å². The molecule has 0 fully saturated rings. The van der Waals surface area contributed by atoms with Crippen molar-refractivity contribution in [1.29, 1.82) is 0 Å². The second kappa shape index (κ2) is 7.73. The highest BCUT2D eigenvalue weighted by Gasteiger charge is 2.06. The molecule has 1 N–H and O–H groups in total. The maximum atomic E-state index is 12.4. The van der Waals surface area contributed by atoms with Gasteiger partial charge in [0.15, 0.2) is 0 Å². The van der Waals surface area contributed by atoms with E-state index < -0.39 is 0 Å². The first-order chi connectivity index (χ1) is 12.6. The zero-order chi connectivity index (χ0) is 18.5. The fourth-order valence-corrected chi connectivity index (χ4v) is 2.61. The third-order valence-corrected chi connectivity index (χ3v) is 4.06. The lowest BCUT2D eigenvalue weighted by molar-refractivity contribution is -0.121. The molecule has 134 valence electrons. The Morgan fingerprint density at radius 3 is 2.69 bits per heavy atom. The third-order valence-electron chi connectivity index (χ3n) is 4.06. The molecule has 0 saturated carbocycles. The summed E-state index contributed by atoms with van der Waals surface area (Å²) in [5.74, 6) is -0.196. The van der Waals surface area contributed by atoms with Gasteiger partial charge in [-0.3, -0.25) is 23.5 Å². The number of fused-ring (bicyclic) bond motifs is 1. The van der Waals surface area contributed by atoms with Gasteiger partial charge in [-0.25, -0.2) is 9.97 Å². The number of carbonyl (C=O) groups is 1. The van der Waals surface area contributed by atoms with Crippen LogP contribution in [0.5, 0.6) is 0 Å². The standard InChI is InChI=1S/C18H19N5O3/c1-13-10-19-11-23(17(13)25)9-7-20-16(24)6-8-22-12-21-15-5-3-2-4-14(15)18(22)26/h2-5,10-12H,6-9H2,1H3,(H,20,24). The van der Waals surface area contributed by atoms with E-state index in [0.717, 1.165) is 0 Å². The molecular formula is C18H19N5O3. The van der Waals surface area contributed by atoms with Gasteiger partial charge >= 0.3 is 0 Å². The number of aromatic nitrogens is 4. The van der Waals surface area contributed by atoms with Crippen molar-refractivity contribution in [3.05, 3.63) is 69.4 Å². The zero-order valence-electron chi connectivity index (χ0n) is 14.4. The molecular weight excluding hydrogens is 334 g/mol. The van der Waals surface area contributed by atoms with Gasteiger partial charge in [0.2, 0.25) is 5.91 Å². The molecule has 3 rings (SSSR count). The fraction of sp³-hybridized carbons (Fsp3) is 0.278. The van der Waals surface area contributed by atoms with Crippen molar-refractivity contribution in [1.82, 2.24) is 24.4 Å². The van der Waals surface area contributed by atoms with Crippen LogP contribution in [0.15, 0.2) is 52.7 Å². The first kappa shape index (κ1) is 17.5. The normalized spacial score (nSPS) is 10.8. The van der Waals surface area contributed by atoms with E-state index in [2.05, 4.69) is 15.3 Å². The van der Waals surface area contributed by atoms with Gasteiger partial charge in [0.25, 0.3) is 11.1 Å². The molecule has 0 unspecified atom stereocenters. The molecule has 0 spiro atoms. The van der Waals surface area contributed by atoms with Gasteiger partial charge in [-0.15, -0.1) is 0 Å². The number of aryl methyl sites for hydroxylation is 2. The minimum atomic E-state index is -0.196. The van der Waals surface area contributed by atoms with Crippen molar-refractivity contribution in [3.8, 4) is 0 Å². The second-order valence-corrected chi connectivity index (χ2v) is 5.94. The van der Waals surface area contributed by atoms with Crippen LogP contribution in [0.25, 0.3) is 10.9 Å². The van der Waals surface area contributed by atoms with Gasteiger partial charge in [-0.05, 0) is 19.1 Å². The van der Waals surface area contributed by atoms with Crippen molar-refractivity contribution in [2.45, 2.75) is 26.4 Å². The molecule has 8 heteroatoms. The molecule has 0 saturated heterocycles. The van der Waals surface area contributed by atoms with E-state index in [-0.39, 0.29) is 30.0 Å². The molecule has 1 aromatic carbocycles. The Labute approximate surface area is 149 Å². The summed E-state index contributed by atoms with van der Waals surface area (Å²) in [7, 11) is 0. The molecule has 3 aromatic rings. The Kier molecular flexibility index (Phi) is 5.21. The number of carbonyl (C=O) groups excluding carboxylic acids is 1. The lowest BCUT2D eigenvalue weighted by Gasteiger charge is -2.09. The lowest BCUT2D eigenvalue weighted by atomic mass is 10.2. The van der Waals surface area contributed by atoms with Crippen molar-refractivity contribution in [3.63, 3.8) is 0 Å². The highest BCUT2D eigenvalue weighted by Crippen LogP contribution is 2.04. The van der Waals surface area contributed by atoms with Crippen LogP contribution in [-0.4, -0.2) is 31.6 Å². The zero-order valence-corrected chi connectivity index (χ0v) is 14.4. The number of amides is 1. The van der Waals surface area contributed by atoms with E-state index in [1.165, 1.54) is 28.0 Å². The smallest absolute Gasteiger partial charge is 0.261 e. The predicted molar refractivity (Wildman–Crippen MR) is 96.9 cm³/mol. The molecule has 0 bridgehead atoms. The number of hydrogen-bond acceptors (Lipinski definition) is 5. The SMILES string of the molecule is Cc1cncn(CCNC(=O)CCn2cnc3ccccc3c2=O)c1=O. The fourth-order valence-electron chi connectivity index (χ4n) is 2.61. The number of rotatable bonds is 6. The topological polar surface area (TPSA) is 98.9 Å². The second-order valence-electron chi connectivity index (χ2n) is 5.94. The number of benzene rings is 1. The lowest BCUT2D eigenvalue weighted by Crippen LogP contribution is -2.32. The van der Waals surface area contributed by atoms with E-state index in [0.29, 0.717) is 29.6 Å². The van der Waals surface area contributed by atoms with E-state index in [4.69, 9.17) is 0 Å². The van der Waals surface area contributed by atoms with Gasteiger partial charge in [-0.1, -0.05) is 12.1 Å². The summed E-state index contributed by atoms with van der Waals surface area (Å²) in [6.07, 6.45) is 4.56. The molecule has 2 heterocycles. The Morgan fingerprint density at radius 1 is 1.08 bits per heavy atom. The van der Waals surface area contributed by atoms with E-state index in [1.807, 2.05) is 6.07 Å². The highest BCUT2D eigenvalue weighted by molar-refractivity contribution is 5.77. The quantitative estimate of drug-likeness (QED) is 0.694. The first-order valence-corrected chi connectivity index (χ1v) is 8.28. The maximum absolute atomic E-state index is 12.4. The average Bonchev–Trinajstić information content (AvgIpc) is 2.65. The van der Waals surface area contributed by atoms with Crippen LogP contribution in [0, 0.1) is 6.92 Å². The maximum Gasteiger partial charge on any atom is 0.261 e. The van der Waals surface area contributed by atoms with Gasteiger partial charge < -0.3 is 5.32 Å². The van der Waals surface area contributed by atoms with Crippen LogP contribution in [0.3, 0.4) is 0 Å². The molecule has 0 aliphatic rings. The minimum Gasteiger partial charge on any atom is -0.354 e. The molecule has 0 aliphatic heterocycles. The van der Waals surface area contributed by atoms with Crippen molar-refractivity contribution in [2.24, 2.45) is 0 Å². The van der Waals surface area contributed by atoms with E-state index in [9.17, 15) is 14.4 Å². The Hall–Kier alpha value is -3.29. The van der Waals surface area contributed by atoms with Gasteiger partial charge in [-0.2, -0.15) is 0 Å². The van der Waals surface area contributed by atoms with Crippen molar-refractivity contribution in [2.75, 3.05) is 6.54 Å². The number of nitrogens with one attached hydrogen (secondary N) is 1. The highest BCUT2D eigenvalue weighted by atomic mass is 16.2. The van der Waals surface area contributed by atoms with Crippen LogP contribution in [-0.2, 0) is 17.9 Å². The van der Waals surface area contributed by atoms with Crippen LogP contribution < -0.4 is 16.4 Å². The molecule has 0 aliphatic carbocycles. The van der Waals surface area contributed by atoms with Gasteiger partial charge in [0.1, 0.15) is 0 Å². The number of hydrogen-bond donors (Lipinski definition) is 1. The van der Waals surface area contributed by atoms with Crippen LogP contribution in [0.1, 0.15) is 12.0 Å². The summed E-state index contributed by atoms with van der Waals surface area (Å²) in [5, 5.41) is 3.27. The molecule has 0 atom stereocenters. The molecule has 8 nitrogen and oxygen atoms in total. The van der Waals surface area contributed by atoms with Crippen molar-refractivity contribution >= 4 is 16.8 Å².